The van der Waals surface area contributed by atoms with Crippen molar-refractivity contribution in [3.63, 3.8) is 0 Å². The number of aromatic nitrogens is 1. The lowest BCUT2D eigenvalue weighted by atomic mass is 9.93. The van der Waals surface area contributed by atoms with Gasteiger partial charge in [0.1, 0.15) is 5.75 Å². The van der Waals surface area contributed by atoms with Gasteiger partial charge in [0, 0.05) is 60.9 Å². The molecular formula is C28H33N3O3. The molecular weight excluding hydrogens is 426 g/mol. The number of aromatic carboxylic acids is 1. The van der Waals surface area contributed by atoms with Gasteiger partial charge in [-0.15, -0.1) is 0 Å². The number of carboxylic acids is 1. The number of hydrogen-bond donors (Lipinski definition) is 2. The second-order valence-corrected chi connectivity index (χ2v) is 11.0. The fourth-order valence-corrected chi connectivity index (χ4v) is 6.98. The minimum absolute atomic E-state index is 0.208. The molecule has 6 nitrogen and oxygen atoms in total. The average Bonchev–Trinajstić information content (AvgIpc) is 3.22. The number of carboxylic acid groups (broad SMARTS) is 1. The van der Waals surface area contributed by atoms with Crippen molar-refractivity contribution in [2.45, 2.75) is 39.4 Å². The first-order valence-corrected chi connectivity index (χ1v) is 12.2. The van der Waals surface area contributed by atoms with Gasteiger partial charge in [0.2, 0.25) is 0 Å². The number of rotatable bonds is 5. The average molecular weight is 460 g/mol. The number of methoxy groups -OCH3 is 1. The Bertz CT molecular complexity index is 1260. The number of fused-ring (bicyclic) bond motifs is 4. The van der Waals surface area contributed by atoms with Gasteiger partial charge in [0.05, 0.1) is 12.7 Å². The van der Waals surface area contributed by atoms with E-state index in [9.17, 15) is 9.90 Å². The zero-order valence-corrected chi connectivity index (χ0v) is 20.3. The van der Waals surface area contributed by atoms with Gasteiger partial charge in [-0.25, -0.2) is 4.79 Å². The number of nitrogens with one attached hydrogen (secondary N) is 1. The van der Waals surface area contributed by atoms with Gasteiger partial charge < -0.3 is 14.8 Å². The summed E-state index contributed by atoms with van der Waals surface area (Å²) >= 11 is 0. The van der Waals surface area contributed by atoms with Gasteiger partial charge in [-0.2, -0.15) is 0 Å². The van der Waals surface area contributed by atoms with Crippen LogP contribution in [-0.2, 0) is 6.54 Å². The largest absolute Gasteiger partial charge is 0.496 e. The fourth-order valence-electron chi connectivity index (χ4n) is 6.98. The van der Waals surface area contributed by atoms with Gasteiger partial charge in [-0.3, -0.25) is 9.80 Å². The summed E-state index contributed by atoms with van der Waals surface area (Å²) in [7, 11) is 1.76. The minimum Gasteiger partial charge on any atom is -0.496 e. The van der Waals surface area contributed by atoms with E-state index in [4.69, 9.17) is 4.74 Å². The van der Waals surface area contributed by atoms with E-state index in [1.54, 1.807) is 19.2 Å². The van der Waals surface area contributed by atoms with Crippen LogP contribution in [0.1, 0.15) is 46.9 Å². The highest BCUT2D eigenvalue weighted by Crippen LogP contribution is 2.65. The second kappa shape index (κ2) is 7.59. The number of aromatic amines is 1. The van der Waals surface area contributed by atoms with Crippen molar-refractivity contribution in [1.29, 1.82) is 0 Å². The van der Waals surface area contributed by atoms with Gasteiger partial charge >= 0.3 is 5.97 Å². The molecule has 34 heavy (non-hydrogen) atoms. The standard InChI is InChI=1S/C28H33N3O3/c1-16-11-24(34-4)20(19-9-10-29-26(16)19)12-30-15-23-25-21(28(25,2)3)13-31(23)14-22(30)17-5-7-18(8-6-17)27(32)33/h5-11,21-23,25,29H,12-15H2,1-4H3,(H,32,33)/t21-,22?,23+,25-/m0/s1. The zero-order valence-electron chi connectivity index (χ0n) is 20.3. The van der Waals surface area contributed by atoms with Crippen molar-refractivity contribution in [3.05, 3.63) is 64.8 Å². The van der Waals surface area contributed by atoms with Crippen molar-refractivity contribution < 1.29 is 14.6 Å². The highest BCUT2D eigenvalue weighted by Gasteiger charge is 2.67. The monoisotopic (exact) mass is 459 g/mol. The Kier molecular flexibility index (Phi) is 4.84. The van der Waals surface area contributed by atoms with Crippen molar-refractivity contribution in [2.24, 2.45) is 17.3 Å². The summed E-state index contributed by atoms with van der Waals surface area (Å²) in [6, 6.07) is 12.6. The summed E-state index contributed by atoms with van der Waals surface area (Å²) in [6.07, 6.45) is 2.01. The van der Waals surface area contributed by atoms with Crippen LogP contribution in [0.4, 0.5) is 0 Å². The highest BCUT2D eigenvalue weighted by atomic mass is 16.5. The van der Waals surface area contributed by atoms with E-state index < -0.39 is 5.97 Å². The molecule has 0 amide bonds. The number of piperidine rings is 1. The third kappa shape index (κ3) is 3.19. The van der Waals surface area contributed by atoms with E-state index in [0.717, 1.165) is 37.2 Å². The van der Waals surface area contributed by atoms with E-state index in [1.807, 2.05) is 18.3 Å². The molecule has 178 valence electrons. The molecule has 1 saturated carbocycles. The van der Waals surface area contributed by atoms with Crippen LogP contribution in [0.2, 0.25) is 0 Å². The van der Waals surface area contributed by atoms with Crippen LogP contribution >= 0.6 is 0 Å². The minimum atomic E-state index is -0.881. The lowest BCUT2D eigenvalue weighted by molar-refractivity contribution is 0.0209. The van der Waals surface area contributed by atoms with Crippen LogP contribution < -0.4 is 4.74 Å². The topological polar surface area (TPSA) is 68.8 Å². The summed E-state index contributed by atoms with van der Waals surface area (Å²) in [6.45, 7) is 10.9. The summed E-state index contributed by atoms with van der Waals surface area (Å²) in [5.74, 6) is 1.60. The number of hydrogen-bond acceptors (Lipinski definition) is 4. The first kappa shape index (κ1) is 21.7. The van der Waals surface area contributed by atoms with Crippen molar-refractivity contribution >= 4 is 16.9 Å². The molecule has 3 fully saturated rings. The number of nitrogens with zero attached hydrogens (tertiary/aromatic N) is 2. The maximum absolute atomic E-state index is 11.4. The Labute approximate surface area is 200 Å². The molecule has 3 aliphatic rings. The molecule has 4 atom stereocenters. The number of ether oxygens (including phenoxy) is 1. The van der Waals surface area contributed by atoms with E-state index in [-0.39, 0.29) is 6.04 Å². The molecule has 2 aromatic carbocycles. The number of piperazine rings is 1. The molecule has 3 heterocycles. The van der Waals surface area contributed by atoms with Crippen LogP contribution in [0.5, 0.6) is 5.75 Å². The predicted octanol–water partition coefficient (Wildman–Crippen LogP) is 4.70. The van der Waals surface area contributed by atoms with E-state index >= 15 is 0 Å². The third-order valence-electron chi connectivity index (χ3n) is 8.96. The number of benzene rings is 2. The van der Waals surface area contributed by atoms with E-state index in [1.165, 1.54) is 34.1 Å². The molecule has 1 aromatic heterocycles. The molecule has 1 unspecified atom stereocenters. The maximum Gasteiger partial charge on any atom is 0.335 e. The van der Waals surface area contributed by atoms with Gasteiger partial charge in [-0.1, -0.05) is 26.0 Å². The number of H-pyrrole nitrogens is 1. The molecule has 2 aliphatic heterocycles. The van der Waals surface area contributed by atoms with Crippen molar-refractivity contribution in [2.75, 3.05) is 26.7 Å². The predicted molar refractivity (Wildman–Crippen MR) is 132 cm³/mol. The molecule has 0 bridgehead atoms. The molecule has 3 aromatic rings. The molecule has 6 rings (SSSR count). The molecule has 1 aliphatic carbocycles. The second-order valence-electron chi connectivity index (χ2n) is 11.0. The van der Waals surface area contributed by atoms with Gasteiger partial charge in [0.25, 0.3) is 0 Å². The summed E-state index contributed by atoms with van der Waals surface area (Å²) in [5, 5.41) is 10.6. The van der Waals surface area contributed by atoms with Gasteiger partial charge in [-0.05, 0) is 59.6 Å². The number of carbonyl (C=O) groups is 1. The number of aryl methyl sites for hydroxylation is 1. The van der Waals surface area contributed by atoms with Crippen LogP contribution in [0.3, 0.4) is 0 Å². The van der Waals surface area contributed by atoms with Crippen molar-refractivity contribution in [3.8, 4) is 5.75 Å². The summed E-state index contributed by atoms with van der Waals surface area (Å²) in [5.41, 5.74) is 5.53. The zero-order chi connectivity index (χ0) is 23.8. The highest BCUT2D eigenvalue weighted by molar-refractivity contribution is 5.88. The van der Waals surface area contributed by atoms with Crippen LogP contribution in [0, 0.1) is 24.2 Å². The van der Waals surface area contributed by atoms with E-state index in [2.05, 4.69) is 47.7 Å². The SMILES string of the molecule is COc1cc(C)c2[nH]ccc2c1CN1C[C@@H]2[C@@H]3[C@H](CN2CC1c1ccc(C(=O)O)cc1)C3(C)C. The Morgan fingerprint density at radius 3 is 2.65 bits per heavy atom. The molecule has 0 radical (unpaired) electrons. The Morgan fingerprint density at radius 2 is 1.94 bits per heavy atom. The third-order valence-corrected chi connectivity index (χ3v) is 8.96. The molecule has 6 heteroatoms. The first-order chi connectivity index (χ1) is 16.3. The van der Waals surface area contributed by atoms with Crippen molar-refractivity contribution in [1.82, 2.24) is 14.8 Å². The lowest BCUT2D eigenvalue weighted by Gasteiger charge is -2.46. The first-order valence-electron chi connectivity index (χ1n) is 12.2. The van der Waals surface area contributed by atoms with Crippen LogP contribution in [0.15, 0.2) is 42.6 Å². The lowest BCUT2D eigenvalue weighted by Crippen LogP contribution is -2.54. The Hall–Kier alpha value is -2.83. The van der Waals surface area contributed by atoms with E-state index in [0.29, 0.717) is 17.0 Å². The quantitative estimate of drug-likeness (QED) is 0.579. The normalized spacial score (nSPS) is 28.0. The van der Waals surface area contributed by atoms with Gasteiger partial charge in [0.15, 0.2) is 0 Å². The Morgan fingerprint density at radius 1 is 1.18 bits per heavy atom. The molecule has 2 saturated heterocycles. The molecule has 0 spiro atoms. The van der Waals surface area contributed by atoms with Crippen LogP contribution in [-0.4, -0.2) is 58.6 Å². The maximum atomic E-state index is 11.4. The summed E-state index contributed by atoms with van der Waals surface area (Å²) < 4.78 is 5.86. The Balaban J connectivity index is 1.38. The molecule has 2 N–H and O–H groups in total. The smallest absolute Gasteiger partial charge is 0.335 e. The fraction of sp³-hybridized carbons (Fsp3) is 0.464. The van der Waals surface area contributed by atoms with Crippen LogP contribution in [0.25, 0.3) is 10.9 Å². The summed E-state index contributed by atoms with van der Waals surface area (Å²) in [4.78, 5) is 20.1.